The summed E-state index contributed by atoms with van der Waals surface area (Å²) in [5.74, 6) is -2.07. The van der Waals surface area contributed by atoms with Gasteiger partial charge in [0, 0.05) is 16.3 Å². The number of aryl methyl sites for hydroxylation is 2. The normalized spacial score (nSPS) is 17.8. The number of amides is 1. The van der Waals surface area contributed by atoms with E-state index in [-0.39, 0.29) is 22.1 Å². The molecule has 0 saturated carbocycles. The van der Waals surface area contributed by atoms with Gasteiger partial charge < -0.3 is 10.2 Å². The summed E-state index contributed by atoms with van der Waals surface area (Å²) in [6.45, 7) is 3.79. The van der Waals surface area contributed by atoms with E-state index in [1.165, 1.54) is 23.1 Å². The SMILES string of the molecule is Cc1cc(C)cc(N2C(=O)C(=O)/C(=C(\O)c3cccc(Cl)c3)C2c2ccc(O)c(Cl)c2)c1. The van der Waals surface area contributed by atoms with E-state index >= 15 is 0 Å². The Bertz CT molecular complexity index is 1280. The number of rotatable bonds is 3. The highest BCUT2D eigenvalue weighted by Gasteiger charge is 2.47. The zero-order valence-corrected chi connectivity index (χ0v) is 18.8. The predicted octanol–water partition coefficient (Wildman–Crippen LogP) is 5.94. The molecule has 1 fully saturated rings. The molecule has 1 aliphatic rings. The molecule has 0 bridgehead atoms. The maximum Gasteiger partial charge on any atom is 0.300 e. The van der Waals surface area contributed by atoms with Crippen molar-refractivity contribution in [3.8, 4) is 5.75 Å². The van der Waals surface area contributed by atoms with Crippen LogP contribution in [-0.2, 0) is 9.59 Å². The Morgan fingerprint density at radius 1 is 0.938 bits per heavy atom. The van der Waals surface area contributed by atoms with Gasteiger partial charge in [-0.1, -0.05) is 47.5 Å². The second-order valence-electron chi connectivity index (χ2n) is 7.74. The molecule has 0 spiro atoms. The molecule has 162 valence electrons. The van der Waals surface area contributed by atoms with Crippen molar-refractivity contribution in [1.29, 1.82) is 0 Å². The number of Topliss-reactive ketones (excluding diaryl/α,β-unsaturated/α-hetero) is 1. The van der Waals surface area contributed by atoms with Gasteiger partial charge in [0.25, 0.3) is 11.7 Å². The van der Waals surface area contributed by atoms with Gasteiger partial charge in [-0.05, 0) is 66.9 Å². The van der Waals surface area contributed by atoms with E-state index < -0.39 is 17.7 Å². The number of aliphatic hydroxyl groups is 1. The molecular formula is C25H19Cl2NO4. The number of phenols is 1. The molecule has 32 heavy (non-hydrogen) atoms. The summed E-state index contributed by atoms with van der Waals surface area (Å²) in [5.41, 5.74) is 3.04. The minimum atomic E-state index is -0.951. The second kappa shape index (κ2) is 8.34. The van der Waals surface area contributed by atoms with Crippen molar-refractivity contribution < 1.29 is 19.8 Å². The number of aliphatic hydroxyl groups excluding tert-OH is 1. The van der Waals surface area contributed by atoms with Crippen molar-refractivity contribution in [2.24, 2.45) is 0 Å². The Hall–Kier alpha value is -3.28. The number of aromatic hydroxyl groups is 1. The molecule has 0 radical (unpaired) electrons. The van der Waals surface area contributed by atoms with E-state index in [0.717, 1.165) is 11.1 Å². The molecule has 4 rings (SSSR count). The maximum atomic E-state index is 13.2. The average Bonchev–Trinajstić information content (AvgIpc) is 2.99. The lowest BCUT2D eigenvalue weighted by Gasteiger charge is -2.26. The highest BCUT2D eigenvalue weighted by molar-refractivity contribution is 6.51. The first-order valence-electron chi connectivity index (χ1n) is 9.81. The summed E-state index contributed by atoms with van der Waals surface area (Å²) in [7, 11) is 0. The van der Waals surface area contributed by atoms with Crippen LogP contribution < -0.4 is 4.90 Å². The molecule has 1 unspecified atom stereocenters. The molecule has 1 aliphatic heterocycles. The van der Waals surface area contributed by atoms with Crippen molar-refractivity contribution >= 4 is 46.3 Å². The van der Waals surface area contributed by atoms with E-state index in [9.17, 15) is 19.8 Å². The van der Waals surface area contributed by atoms with Crippen LogP contribution in [0.1, 0.15) is 28.3 Å². The topological polar surface area (TPSA) is 77.8 Å². The molecule has 1 atom stereocenters. The number of carbonyl (C=O) groups is 2. The number of halogens is 2. The van der Waals surface area contributed by atoms with Crippen LogP contribution >= 0.6 is 23.2 Å². The van der Waals surface area contributed by atoms with Crippen molar-refractivity contribution in [2.75, 3.05) is 4.90 Å². The maximum absolute atomic E-state index is 13.2. The van der Waals surface area contributed by atoms with Crippen molar-refractivity contribution in [2.45, 2.75) is 19.9 Å². The van der Waals surface area contributed by atoms with Gasteiger partial charge in [-0.3, -0.25) is 14.5 Å². The van der Waals surface area contributed by atoms with Crippen LogP contribution in [0.4, 0.5) is 5.69 Å². The summed E-state index contributed by atoms with van der Waals surface area (Å²) in [4.78, 5) is 27.7. The first-order valence-corrected chi connectivity index (χ1v) is 10.6. The lowest BCUT2D eigenvalue weighted by atomic mass is 9.95. The molecule has 2 N–H and O–H groups in total. The van der Waals surface area contributed by atoms with Gasteiger partial charge in [0.1, 0.15) is 11.5 Å². The molecule has 0 aromatic heterocycles. The number of nitrogens with zero attached hydrogens (tertiary/aromatic N) is 1. The Kier molecular flexibility index (Phi) is 5.71. The Labute approximate surface area is 195 Å². The smallest absolute Gasteiger partial charge is 0.300 e. The van der Waals surface area contributed by atoms with Gasteiger partial charge in [0.05, 0.1) is 16.6 Å². The zero-order valence-electron chi connectivity index (χ0n) is 17.3. The van der Waals surface area contributed by atoms with Crippen molar-refractivity contribution in [3.05, 3.63) is 98.5 Å². The monoisotopic (exact) mass is 467 g/mol. The number of hydrogen-bond donors (Lipinski definition) is 2. The molecule has 1 saturated heterocycles. The quantitative estimate of drug-likeness (QED) is 0.283. The van der Waals surface area contributed by atoms with E-state index in [1.54, 1.807) is 36.4 Å². The summed E-state index contributed by atoms with van der Waals surface area (Å²) in [5, 5.41) is 21.4. The molecule has 1 heterocycles. The van der Waals surface area contributed by atoms with Gasteiger partial charge in [-0.25, -0.2) is 0 Å². The third-order valence-corrected chi connectivity index (χ3v) is 5.85. The van der Waals surface area contributed by atoms with Gasteiger partial charge >= 0.3 is 0 Å². The number of anilines is 1. The van der Waals surface area contributed by atoms with Gasteiger partial charge in [-0.15, -0.1) is 0 Å². The third kappa shape index (κ3) is 3.85. The number of hydrogen-bond acceptors (Lipinski definition) is 4. The van der Waals surface area contributed by atoms with Crippen LogP contribution in [0.25, 0.3) is 5.76 Å². The number of benzene rings is 3. The standard InChI is InChI=1S/C25H19Cl2NO4/c1-13-8-14(2)10-18(9-13)28-22(15-6-7-20(29)19(27)12-15)21(24(31)25(28)32)23(30)16-4-3-5-17(26)11-16/h3-12,22,29-30H,1-2H3/b23-21-. The fraction of sp³-hybridized carbons (Fsp3) is 0.120. The number of ketones is 1. The Morgan fingerprint density at radius 2 is 1.62 bits per heavy atom. The molecule has 7 heteroatoms. The van der Waals surface area contributed by atoms with E-state index in [1.807, 2.05) is 19.9 Å². The highest BCUT2D eigenvalue weighted by Crippen LogP contribution is 2.44. The number of carbonyl (C=O) groups excluding carboxylic acids is 2. The third-order valence-electron chi connectivity index (χ3n) is 5.31. The van der Waals surface area contributed by atoms with Gasteiger partial charge in [0.2, 0.25) is 0 Å². The number of phenolic OH excluding ortho intramolecular Hbond substituents is 1. The van der Waals surface area contributed by atoms with Crippen LogP contribution in [0.2, 0.25) is 10.0 Å². The van der Waals surface area contributed by atoms with E-state index in [2.05, 4.69) is 0 Å². The van der Waals surface area contributed by atoms with Crippen molar-refractivity contribution in [1.82, 2.24) is 0 Å². The molecule has 3 aromatic rings. The predicted molar refractivity (Wildman–Crippen MR) is 125 cm³/mol. The fourth-order valence-corrected chi connectivity index (χ4v) is 4.37. The minimum Gasteiger partial charge on any atom is -0.507 e. The summed E-state index contributed by atoms with van der Waals surface area (Å²) in [6, 6.07) is 15.4. The molecule has 1 amide bonds. The minimum absolute atomic E-state index is 0.0660. The van der Waals surface area contributed by atoms with Gasteiger partial charge in [0.15, 0.2) is 0 Å². The van der Waals surface area contributed by atoms with Crippen LogP contribution in [0, 0.1) is 13.8 Å². The Morgan fingerprint density at radius 3 is 2.25 bits per heavy atom. The van der Waals surface area contributed by atoms with Crippen LogP contribution in [0.15, 0.2) is 66.2 Å². The van der Waals surface area contributed by atoms with Crippen LogP contribution in [-0.4, -0.2) is 21.9 Å². The fourth-order valence-electron chi connectivity index (χ4n) is 3.99. The van der Waals surface area contributed by atoms with Crippen LogP contribution in [0.3, 0.4) is 0 Å². The second-order valence-corrected chi connectivity index (χ2v) is 8.58. The summed E-state index contributed by atoms with van der Waals surface area (Å²) in [6.07, 6.45) is 0. The molecule has 5 nitrogen and oxygen atoms in total. The van der Waals surface area contributed by atoms with Crippen LogP contribution in [0.5, 0.6) is 5.75 Å². The lowest BCUT2D eigenvalue weighted by Crippen LogP contribution is -2.29. The Balaban J connectivity index is 2.00. The molecule has 3 aromatic carbocycles. The molecular weight excluding hydrogens is 449 g/mol. The zero-order chi connectivity index (χ0) is 23.2. The average molecular weight is 468 g/mol. The van der Waals surface area contributed by atoms with Crippen molar-refractivity contribution in [3.63, 3.8) is 0 Å². The van der Waals surface area contributed by atoms with Gasteiger partial charge in [-0.2, -0.15) is 0 Å². The van der Waals surface area contributed by atoms with E-state index in [4.69, 9.17) is 23.2 Å². The summed E-state index contributed by atoms with van der Waals surface area (Å²) >= 11 is 12.2. The summed E-state index contributed by atoms with van der Waals surface area (Å²) < 4.78 is 0. The lowest BCUT2D eigenvalue weighted by molar-refractivity contribution is -0.132. The largest absolute Gasteiger partial charge is 0.507 e. The first-order chi connectivity index (χ1) is 15.2. The first kappa shape index (κ1) is 21.9. The van der Waals surface area contributed by atoms with E-state index in [0.29, 0.717) is 21.8 Å². The highest BCUT2D eigenvalue weighted by atomic mass is 35.5. The molecule has 0 aliphatic carbocycles.